The molecule has 3 aromatic rings. The average molecular weight is 410 g/mol. The Labute approximate surface area is 175 Å². The minimum Gasteiger partial charge on any atom is -0.409 e. The number of hydrogen-bond acceptors (Lipinski definition) is 4. The van der Waals surface area contributed by atoms with Crippen molar-refractivity contribution in [1.82, 2.24) is 20.1 Å². The molecule has 2 aromatic heterocycles. The second kappa shape index (κ2) is 8.66. The highest BCUT2D eigenvalue weighted by Crippen LogP contribution is 2.39. The third-order valence-corrected chi connectivity index (χ3v) is 5.76. The normalized spacial score (nSPS) is 17.5. The molecule has 3 heterocycles. The fraction of sp³-hybridized carbons (Fsp3) is 0.318. The summed E-state index contributed by atoms with van der Waals surface area (Å²) in [5.74, 6) is 1.00. The summed E-state index contributed by atoms with van der Waals surface area (Å²) < 4.78 is 0. The smallest absolute Gasteiger partial charge is 0.144 e. The van der Waals surface area contributed by atoms with E-state index in [0.29, 0.717) is 11.4 Å². The third-order valence-electron chi connectivity index (χ3n) is 5.51. The first-order chi connectivity index (χ1) is 14.2. The zero-order chi connectivity index (χ0) is 20.2. The number of benzene rings is 1. The van der Waals surface area contributed by atoms with Gasteiger partial charge in [0.1, 0.15) is 11.5 Å². The number of oxime groups is 1. The lowest BCUT2D eigenvalue weighted by molar-refractivity contribution is 0.266. The summed E-state index contributed by atoms with van der Waals surface area (Å²) in [5, 5.41) is 21.6. The summed E-state index contributed by atoms with van der Waals surface area (Å²) >= 11 is 6.08. The number of halogens is 1. The largest absolute Gasteiger partial charge is 0.409 e. The summed E-state index contributed by atoms with van der Waals surface area (Å²) in [7, 11) is 0. The van der Waals surface area contributed by atoms with Crippen molar-refractivity contribution in [3.63, 3.8) is 0 Å². The standard InChI is InChI=1S/C22H24ClN5O/c1-2-19(27-29)28-13-3-4-17(14-28)22-20(15-9-11-24-12-10-15)21(25-26-22)16-5-7-18(23)8-6-16/h5-12,17,29H,2-4,13-14H2,1H3,(H,25,26)/b27-19-. The third kappa shape index (κ3) is 3.98. The molecule has 1 aliphatic heterocycles. The van der Waals surface area contributed by atoms with Crippen LogP contribution in [0, 0.1) is 0 Å². The first-order valence-corrected chi connectivity index (χ1v) is 10.3. The van der Waals surface area contributed by atoms with Crippen LogP contribution < -0.4 is 0 Å². The Morgan fingerprint density at radius 1 is 1.21 bits per heavy atom. The Balaban J connectivity index is 1.77. The van der Waals surface area contributed by atoms with Crippen LogP contribution in [-0.4, -0.2) is 44.2 Å². The number of aromatic amines is 1. The van der Waals surface area contributed by atoms with E-state index in [2.05, 4.69) is 20.1 Å². The maximum atomic E-state index is 9.35. The lowest BCUT2D eigenvalue weighted by Crippen LogP contribution is -2.39. The van der Waals surface area contributed by atoms with Gasteiger partial charge >= 0.3 is 0 Å². The number of aromatic nitrogens is 3. The van der Waals surface area contributed by atoms with Crippen LogP contribution in [0.1, 0.15) is 37.8 Å². The Morgan fingerprint density at radius 2 is 1.97 bits per heavy atom. The van der Waals surface area contributed by atoms with Crippen LogP contribution in [0.2, 0.25) is 5.02 Å². The summed E-state index contributed by atoms with van der Waals surface area (Å²) in [4.78, 5) is 6.34. The molecule has 0 saturated carbocycles. The molecule has 0 aliphatic carbocycles. The number of nitrogens with zero attached hydrogens (tertiary/aromatic N) is 4. The van der Waals surface area contributed by atoms with Crippen LogP contribution in [0.15, 0.2) is 53.9 Å². The maximum absolute atomic E-state index is 9.35. The predicted molar refractivity (Wildman–Crippen MR) is 115 cm³/mol. The molecule has 1 saturated heterocycles. The van der Waals surface area contributed by atoms with Crippen LogP contribution in [-0.2, 0) is 0 Å². The van der Waals surface area contributed by atoms with Crippen LogP contribution in [0.4, 0.5) is 0 Å². The number of piperidine rings is 1. The number of H-pyrrole nitrogens is 1. The molecule has 0 amide bonds. The first-order valence-electron chi connectivity index (χ1n) is 9.91. The molecule has 150 valence electrons. The van der Waals surface area contributed by atoms with Crippen molar-refractivity contribution in [3.05, 3.63) is 59.5 Å². The molecule has 7 heteroatoms. The molecule has 2 N–H and O–H groups in total. The summed E-state index contributed by atoms with van der Waals surface area (Å²) in [6, 6.07) is 11.8. The van der Waals surface area contributed by atoms with Gasteiger partial charge in [0.05, 0.1) is 0 Å². The number of amidine groups is 1. The minimum absolute atomic E-state index is 0.267. The number of nitrogens with one attached hydrogen (secondary N) is 1. The van der Waals surface area contributed by atoms with Crippen molar-refractivity contribution >= 4 is 17.4 Å². The monoisotopic (exact) mass is 409 g/mol. The van der Waals surface area contributed by atoms with Gasteiger partial charge in [0.25, 0.3) is 0 Å². The van der Waals surface area contributed by atoms with Crippen molar-refractivity contribution in [1.29, 1.82) is 0 Å². The molecule has 6 nitrogen and oxygen atoms in total. The highest BCUT2D eigenvalue weighted by molar-refractivity contribution is 6.30. The molecule has 1 unspecified atom stereocenters. The Hall–Kier alpha value is -2.86. The van der Waals surface area contributed by atoms with Crippen LogP contribution in [0.25, 0.3) is 22.4 Å². The zero-order valence-electron chi connectivity index (χ0n) is 16.3. The number of likely N-dealkylation sites (tertiary alicyclic amines) is 1. The molecular weight excluding hydrogens is 386 g/mol. The van der Waals surface area contributed by atoms with Gasteiger partial charge in [-0.15, -0.1) is 0 Å². The van der Waals surface area contributed by atoms with E-state index in [4.69, 9.17) is 16.7 Å². The maximum Gasteiger partial charge on any atom is 0.144 e. The predicted octanol–water partition coefficient (Wildman–Crippen LogP) is 5.17. The van der Waals surface area contributed by atoms with Gasteiger partial charge in [0.15, 0.2) is 0 Å². The van der Waals surface area contributed by atoms with Crippen molar-refractivity contribution in [3.8, 4) is 22.4 Å². The van der Waals surface area contributed by atoms with Crippen LogP contribution >= 0.6 is 11.6 Å². The molecule has 1 aromatic carbocycles. The van der Waals surface area contributed by atoms with Crippen molar-refractivity contribution in [2.45, 2.75) is 32.1 Å². The van der Waals surface area contributed by atoms with Gasteiger partial charge in [-0.1, -0.05) is 35.8 Å². The second-order valence-electron chi connectivity index (χ2n) is 7.26. The van der Waals surface area contributed by atoms with E-state index in [1.54, 1.807) is 12.4 Å². The second-order valence-corrected chi connectivity index (χ2v) is 7.70. The molecule has 0 bridgehead atoms. The van der Waals surface area contributed by atoms with E-state index in [1.165, 1.54) is 0 Å². The molecule has 1 aliphatic rings. The highest BCUT2D eigenvalue weighted by atomic mass is 35.5. The van der Waals surface area contributed by atoms with Crippen LogP contribution in [0.3, 0.4) is 0 Å². The number of pyridine rings is 1. The fourth-order valence-corrected chi connectivity index (χ4v) is 4.21. The zero-order valence-corrected chi connectivity index (χ0v) is 17.1. The average Bonchev–Trinajstić information content (AvgIpc) is 3.21. The summed E-state index contributed by atoms with van der Waals surface area (Å²) in [6.07, 6.45) is 6.41. The Kier molecular flexibility index (Phi) is 5.81. The highest BCUT2D eigenvalue weighted by Gasteiger charge is 2.28. The van der Waals surface area contributed by atoms with Gasteiger partial charge in [-0.3, -0.25) is 10.1 Å². The lowest BCUT2D eigenvalue weighted by atomic mass is 9.88. The van der Waals surface area contributed by atoms with Gasteiger partial charge in [0, 0.05) is 59.7 Å². The van der Waals surface area contributed by atoms with E-state index in [-0.39, 0.29) is 5.92 Å². The van der Waals surface area contributed by atoms with E-state index in [1.807, 2.05) is 43.3 Å². The van der Waals surface area contributed by atoms with E-state index in [0.717, 1.165) is 59.8 Å². The Bertz CT molecular complexity index is 984. The van der Waals surface area contributed by atoms with Crippen molar-refractivity contribution in [2.75, 3.05) is 13.1 Å². The molecule has 0 radical (unpaired) electrons. The fourth-order valence-electron chi connectivity index (χ4n) is 4.08. The number of rotatable bonds is 4. The van der Waals surface area contributed by atoms with Crippen molar-refractivity contribution in [2.24, 2.45) is 5.16 Å². The first kappa shape index (κ1) is 19.5. The quantitative estimate of drug-likeness (QED) is 0.270. The van der Waals surface area contributed by atoms with E-state index >= 15 is 0 Å². The molecule has 1 atom stereocenters. The van der Waals surface area contributed by atoms with E-state index < -0.39 is 0 Å². The minimum atomic E-state index is 0.267. The lowest BCUT2D eigenvalue weighted by Gasteiger charge is -2.34. The van der Waals surface area contributed by atoms with E-state index in [9.17, 15) is 5.21 Å². The molecule has 4 rings (SSSR count). The van der Waals surface area contributed by atoms with Gasteiger partial charge < -0.3 is 10.1 Å². The van der Waals surface area contributed by atoms with Crippen molar-refractivity contribution < 1.29 is 5.21 Å². The Morgan fingerprint density at radius 3 is 2.66 bits per heavy atom. The molecule has 0 spiro atoms. The molecular formula is C22H24ClN5O. The van der Waals surface area contributed by atoms with Gasteiger partial charge in [0.2, 0.25) is 0 Å². The van der Waals surface area contributed by atoms with Gasteiger partial charge in [-0.05, 0) is 42.7 Å². The SMILES string of the molecule is CC/C(=N/O)N1CCCC(c2[nH]nc(-c3ccc(Cl)cc3)c2-c2ccncc2)C1. The van der Waals surface area contributed by atoms with Gasteiger partial charge in [-0.2, -0.15) is 5.10 Å². The van der Waals surface area contributed by atoms with Crippen LogP contribution in [0.5, 0.6) is 0 Å². The number of hydrogen-bond donors (Lipinski definition) is 2. The van der Waals surface area contributed by atoms with Gasteiger partial charge in [-0.25, -0.2) is 0 Å². The molecule has 29 heavy (non-hydrogen) atoms. The topological polar surface area (TPSA) is 77.4 Å². The summed E-state index contributed by atoms with van der Waals surface area (Å²) in [5.41, 5.74) is 5.21. The summed E-state index contributed by atoms with van der Waals surface area (Å²) in [6.45, 7) is 3.72. The molecule has 1 fully saturated rings.